The third-order valence-electron chi connectivity index (χ3n) is 1.16. The van der Waals surface area contributed by atoms with E-state index in [-0.39, 0.29) is 17.8 Å². The van der Waals surface area contributed by atoms with Gasteiger partial charge in [-0.3, -0.25) is 4.89 Å². The number of carbonyl (C=O) groups excluding carboxylic acids is 1. The smallest absolute Gasteiger partial charge is 0.368 e. The highest BCUT2D eigenvalue weighted by molar-refractivity contribution is 5.86. The van der Waals surface area contributed by atoms with Crippen molar-refractivity contribution in [3.63, 3.8) is 0 Å². The standard InChI is InChI=1S/C7H12O4.C4H6O2/c1-5(2)7(9)11-10-4-6(3)8;1-3(2)4(5)6/h6,8H,1,4H2,2-3H3;1H2,2H3,(H,5,6). The summed E-state index contributed by atoms with van der Waals surface area (Å²) in [5.74, 6) is -1.55. The van der Waals surface area contributed by atoms with Crippen molar-refractivity contribution < 1.29 is 29.6 Å². The maximum absolute atomic E-state index is 10.6. The topological polar surface area (TPSA) is 93.1 Å². The second kappa shape index (κ2) is 9.56. The highest BCUT2D eigenvalue weighted by Crippen LogP contribution is 1.93. The summed E-state index contributed by atoms with van der Waals surface area (Å²) in [4.78, 5) is 28.8. The van der Waals surface area contributed by atoms with Gasteiger partial charge in [-0.25, -0.2) is 9.59 Å². The Morgan fingerprint density at radius 1 is 1.24 bits per heavy atom. The summed E-state index contributed by atoms with van der Waals surface area (Å²) in [6.07, 6.45) is -0.645. The molecule has 0 amide bonds. The van der Waals surface area contributed by atoms with Crippen LogP contribution < -0.4 is 0 Å². The lowest BCUT2D eigenvalue weighted by Crippen LogP contribution is -2.14. The van der Waals surface area contributed by atoms with Gasteiger partial charge in [0.15, 0.2) is 0 Å². The molecule has 0 rings (SSSR count). The maximum atomic E-state index is 10.6. The summed E-state index contributed by atoms with van der Waals surface area (Å²) >= 11 is 0. The van der Waals surface area contributed by atoms with Gasteiger partial charge in [-0.2, -0.15) is 4.89 Å². The lowest BCUT2D eigenvalue weighted by Gasteiger charge is -2.03. The summed E-state index contributed by atoms with van der Waals surface area (Å²) in [6, 6.07) is 0. The monoisotopic (exact) mass is 246 g/mol. The molecule has 0 heterocycles. The summed E-state index contributed by atoms with van der Waals surface area (Å²) in [7, 11) is 0. The zero-order chi connectivity index (χ0) is 14.0. The summed E-state index contributed by atoms with van der Waals surface area (Å²) < 4.78 is 0. The minimum absolute atomic E-state index is 0.0288. The molecular formula is C11H18O6. The van der Waals surface area contributed by atoms with E-state index >= 15 is 0 Å². The number of aliphatic carboxylic acids is 1. The summed E-state index contributed by atoms with van der Waals surface area (Å²) in [5.41, 5.74) is 0.436. The quantitative estimate of drug-likeness (QED) is 0.428. The second-order valence-electron chi connectivity index (χ2n) is 3.37. The number of carboxylic acids is 1. The van der Waals surface area contributed by atoms with Crippen molar-refractivity contribution in [1.29, 1.82) is 0 Å². The van der Waals surface area contributed by atoms with Gasteiger partial charge in [0.1, 0.15) is 6.61 Å². The molecule has 0 bridgehead atoms. The number of aliphatic hydroxyl groups is 1. The van der Waals surface area contributed by atoms with E-state index in [1.54, 1.807) is 0 Å². The van der Waals surface area contributed by atoms with E-state index in [2.05, 4.69) is 22.9 Å². The Morgan fingerprint density at radius 3 is 1.88 bits per heavy atom. The molecule has 17 heavy (non-hydrogen) atoms. The summed E-state index contributed by atoms with van der Waals surface area (Å²) in [6.45, 7) is 10.9. The van der Waals surface area contributed by atoms with Crippen molar-refractivity contribution in [2.45, 2.75) is 26.9 Å². The van der Waals surface area contributed by atoms with Crippen molar-refractivity contribution >= 4 is 11.9 Å². The van der Waals surface area contributed by atoms with Crippen molar-refractivity contribution in [2.24, 2.45) is 0 Å². The molecule has 6 heteroatoms. The van der Waals surface area contributed by atoms with E-state index < -0.39 is 18.0 Å². The van der Waals surface area contributed by atoms with Crippen LogP contribution in [0.5, 0.6) is 0 Å². The van der Waals surface area contributed by atoms with Gasteiger partial charge in [-0.1, -0.05) is 13.2 Å². The molecule has 1 unspecified atom stereocenters. The Hall–Kier alpha value is -1.66. The van der Waals surface area contributed by atoms with Gasteiger partial charge in [0, 0.05) is 11.1 Å². The molecule has 0 saturated heterocycles. The van der Waals surface area contributed by atoms with Crippen LogP contribution in [0.2, 0.25) is 0 Å². The molecule has 1 atom stereocenters. The third-order valence-corrected chi connectivity index (χ3v) is 1.16. The lowest BCUT2D eigenvalue weighted by molar-refractivity contribution is -0.276. The van der Waals surface area contributed by atoms with Crippen LogP contribution in [0.1, 0.15) is 20.8 Å². The predicted octanol–water partition coefficient (Wildman–Crippen LogP) is 1.07. The van der Waals surface area contributed by atoms with Gasteiger partial charge in [-0.15, -0.1) is 0 Å². The van der Waals surface area contributed by atoms with Crippen molar-refractivity contribution in [2.75, 3.05) is 6.61 Å². The van der Waals surface area contributed by atoms with Crippen LogP contribution in [-0.2, 0) is 19.4 Å². The predicted molar refractivity (Wildman–Crippen MR) is 61.0 cm³/mol. The number of carboxylic acid groups (broad SMARTS) is 1. The zero-order valence-corrected chi connectivity index (χ0v) is 10.2. The fourth-order valence-electron chi connectivity index (χ4n) is 0.257. The number of carbonyl (C=O) groups is 2. The molecule has 0 radical (unpaired) electrons. The molecule has 0 aliphatic rings. The number of aliphatic hydroxyl groups excluding tert-OH is 1. The number of hydrogen-bond donors (Lipinski definition) is 2. The van der Waals surface area contributed by atoms with E-state index in [4.69, 9.17) is 10.2 Å². The third kappa shape index (κ3) is 14.3. The molecule has 0 aromatic rings. The molecule has 0 fully saturated rings. The van der Waals surface area contributed by atoms with Crippen LogP contribution in [0.4, 0.5) is 0 Å². The SMILES string of the molecule is C=C(C)C(=O)O.C=C(C)C(=O)OOCC(C)O. The Labute approximate surface area is 100 Å². The Bertz CT molecular complexity index is 280. The first-order chi connectivity index (χ1) is 7.68. The van der Waals surface area contributed by atoms with Crippen molar-refractivity contribution in [3.8, 4) is 0 Å². The minimum Gasteiger partial charge on any atom is -0.478 e. The average Bonchev–Trinajstić information content (AvgIpc) is 2.17. The molecule has 0 aromatic carbocycles. The minimum atomic E-state index is -0.935. The van der Waals surface area contributed by atoms with Crippen LogP contribution in [0.25, 0.3) is 0 Å². The van der Waals surface area contributed by atoms with Crippen molar-refractivity contribution in [3.05, 3.63) is 24.3 Å². The first-order valence-corrected chi connectivity index (χ1v) is 4.74. The van der Waals surface area contributed by atoms with Crippen LogP contribution in [-0.4, -0.2) is 34.9 Å². The highest BCUT2D eigenvalue weighted by Gasteiger charge is 2.04. The molecule has 0 saturated carbocycles. The van der Waals surface area contributed by atoms with Gasteiger partial charge in [0.05, 0.1) is 6.10 Å². The molecule has 0 aliphatic heterocycles. The molecule has 2 N–H and O–H groups in total. The van der Waals surface area contributed by atoms with Crippen LogP contribution in [0.3, 0.4) is 0 Å². The Balaban J connectivity index is 0. The molecular weight excluding hydrogens is 228 g/mol. The van der Waals surface area contributed by atoms with E-state index in [9.17, 15) is 9.59 Å². The molecule has 0 aromatic heterocycles. The maximum Gasteiger partial charge on any atom is 0.368 e. The molecule has 0 aliphatic carbocycles. The number of rotatable bonds is 5. The zero-order valence-electron chi connectivity index (χ0n) is 10.2. The molecule has 0 spiro atoms. The fraction of sp³-hybridized carbons (Fsp3) is 0.455. The van der Waals surface area contributed by atoms with Gasteiger partial charge in [-0.05, 0) is 20.8 Å². The van der Waals surface area contributed by atoms with Crippen LogP contribution in [0.15, 0.2) is 24.3 Å². The number of hydrogen-bond acceptors (Lipinski definition) is 5. The van der Waals surface area contributed by atoms with Gasteiger partial charge >= 0.3 is 11.9 Å². The first-order valence-electron chi connectivity index (χ1n) is 4.74. The summed E-state index contributed by atoms with van der Waals surface area (Å²) in [5, 5.41) is 16.6. The highest BCUT2D eigenvalue weighted by atomic mass is 17.2. The Morgan fingerprint density at radius 2 is 1.65 bits per heavy atom. The van der Waals surface area contributed by atoms with E-state index in [1.165, 1.54) is 20.8 Å². The normalized spacial score (nSPS) is 10.6. The van der Waals surface area contributed by atoms with Gasteiger partial charge in [0.2, 0.25) is 0 Å². The van der Waals surface area contributed by atoms with Gasteiger partial charge in [0.25, 0.3) is 0 Å². The van der Waals surface area contributed by atoms with E-state index in [0.717, 1.165) is 0 Å². The fourth-order valence-corrected chi connectivity index (χ4v) is 0.257. The van der Waals surface area contributed by atoms with Gasteiger partial charge < -0.3 is 10.2 Å². The van der Waals surface area contributed by atoms with Crippen LogP contribution >= 0.6 is 0 Å². The average molecular weight is 246 g/mol. The Kier molecular flexibility index (Phi) is 9.97. The van der Waals surface area contributed by atoms with Crippen molar-refractivity contribution in [1.82, 2.24) is 0 Å². The molecule has 98 valence electrons. The van der Waals surface area contributed by atoms with Crippen LogP contribution in [0, 0.1) is 0 Å². The second-order valence-corrected chi connectivity index (χ2v) is 3.37. The molecule has 6 nitrogen and oxygen atoms in total. The van der Waals surface area contributed by atoms with E-state index in [0.29, 0.717) is 0 Å². The van der Waals surface area contributed by atoms with E-state index in [1.807, 2.05) is 0 Å². The lowest BCUT2D eigenvalue weighted by atomic mass is 10.4. The first kappa shape index (κ1) is 17.7. The largest absolute Gasteiger partial charge is 0.478 e.